The molecule has 0 saturated heterocycles. The Labute approximate surface area is 102 Å². The maximum atomic E-state index is 5.34. The van der Waals surface area contributed by atoms with Crippen LogP contribution in [0.5, 0.6) is 0 Å². The van der Waals surface area contributed by atoms with E-state index in [-0.39, 0.29) is 0 Å². The number of pyridine rings is 1. The van der Waals surface area contributed by atoms with Crippen LogP contribution in [0.3, 0.4) is 0 Å². The minimum Gasteiger partial charge on any atom is -0.366 e. The van der Waals surface area contributed by atoms with Gasteiger partial charge in [0.05, 0.1) is 5.52 Å². The molecule has 86 valence electrons. The molecule has 17 heavy (non-hydrogen) atoms. The van der Waals surface area contributed by atoms with Gasteiger partial charge in [0.2, 0.25) is 0 Å². The van der Waals surface area contributed by atoms with Crippen LogP contribution < -0.4 is 5.32 Å². The van der Waals surface area contributed by atoms with Gasteiger partial charge in [0, 0.05) is 17.8 Å². The van der Waals surface area contributed by atoms with Crippen LogP contribution in [0.25, 0.3) is 10.9 Å². The van der Waals surface area contributed by atoms with E-state index in [0.29, 0.717) is 6.04 Å². The van der Waals surface area contributed by atoms with Crippen molar-refractivity contribution < 1.29 is 0 Å². The van der Waals surface area contributed by atoms with Crippen LogP contribution in [0, 0.1) is 12.3 Å². The Morgan fingerprint density at radius 1 is 1.29 bits per heavy atom. The highest BCUT2D eigenvalue weighted by molar-refractivity contribution is 5.80. The van der Waals surface area contributed by atoms with E-state index >= 15 is 0 Å². The van der Waals surface area contributed by atoms with Crippen LogP contribution in [0.2, 0.25) is 0 Å². The summed E-state index contributed by atoms with van der Waals surface area (Å²) in [6, 6.07) is 12.5. The fourth-order valence-corrected chi connectivity index (χ4v) is 1.80. The van der Waals surface area contributed by atoms with E-state index in [9.17, 15) is 0 Å². The smallest absolute Gasteiger partial charge is 0.126 e. The van der Waals surface area contributed by atoms with Crippen molar-refractivity contribution in [1.29, 1.82) is 0 Å². The Bertz CT molecular complexity index is 540. The van der Waals surface area contributed by atoms with Gasteiger partial charge in [0.1, 0.15) is 5.82 Å². The van der Waals surface area contributed by atoms with Crippen molar-refractivity contribution in [3.8, 4) is 12.3 Å². The molecule has 2 heteroatoms. The zero-order valence-electron chi connectivity index (χ0n) is 9.98. The first-order chi connectivity index (χ1) is 8.33. The molecule has 1 N–H and O–H groups in total. The summed E-state index contributed by atoms with van der Waals surface area (Å²) in [7, 11) is 0. The number of hydrogen-bond donors (Lipinski definition) is 1. The highest BCUT2D eigenvalue weighted by atomic mass is 15.0. The van der Waals surface area contributed by atoms with E-state index in [0.717, 1.165) is 29.6 Å². The maximum absolute atomic E-state index is 5.34. The van der Waals surface area contributed by atoms with Crippen molar-refractivity contribution in [1.82, 2.24) is 4.98 Å². The summed E-state index contributed by atoms with van der Waals surface area (Å²) < 4.78 is 0. The molecule has 1 heterocycles. The van der Waals surface area contributed by atoms with E-state index < -0.39 is 0 Å². The molecule has 0 amide bonds. The second-order valence-corrected chi connectivity index (χ2v) is 4.05. The van der Waals surface area contributed by atoms with E-state index in [1.54, 1.807) is 0 Å². The number of aromatic nitrogens is 1. The first kappa shape index (κ1) is 11.5. The fourth-order valence-electron chi connectivity index (χ4n) is 1.80. The third-order valence-corrected chi connectivity index (χ3v) is 2.81. The fraction of sp³-hybridized carbons (Fsp3) is 0.267. The largest absolute Gasteiger partial charge is 0.366 e. The Morgan fingerprint density at radius 3 is 2.88 bits per heavy atom. The van der Waals surface area contributed by atoms with Gasteiger partial charge in [-0.2, -0.15) is 0 Å². The van der Waals surface area contributed by atoms with Gasteiger partial charge in [0.15, 0.2) is 0 Å². The second-order valence-electron chi connectivity index (χ2n) is 4.05. The van der Waals surface area contributed by atoms with Gasteiger partial charge in [-0.05, 0) is 24.6 Å². The molecule has 0 saturated carbocycles. The number of hydrogen-bond acceptors (Lipinski definition) is 2. The lowest BCUT2D eigenvalue weighted by molar-refractivity contribution is 0.712. The van der Waals surface area contributed by atoms with Gasteiger partial charge in [0.25, 0.3) is 0 Å². The standard InChI is InChI=1S/C15H16N2/c1-3-7-13(4-2)16-15-11-10-12-8-5-6-9-14(12)17-15/h1,5-6,8-11,13H,4,7H2,2H3,(H,16,17). The van der Waals surface area contributed by atoms with Crippen LogP contribution in [-0.2, 0) is 0 Å². The molecule has 1 aromatic heterocycles. The normalized spacial score (nSPS) is 12.0. The molecular weight excluding hydrogens is 208 g/mol. The van der Waals surface area contributed by atoms with Crippen molar-refractivity contribution in [2.24, 2.45) is 0 Å². The van der Waals surface area contributed by atoms with Gasteiger partial charge in [-0.15, -0.1) is 12.3 Å². The lowest BCUT2D eigenvalue weighted by Gasteiger charge is -2.15. The molecule has 0 fully saturated rings. The molecular formula is C15H16N2. The van der Waals surface area contributed by atoms with Gasteiger partial charge in [-0.3, -0.25) is 0 Å². The number of fused-ring (bicyclic) bond motifs is 1. The molecule has 0 bridgehead atoms. The molecule has 1 atom stereocenters. The average molecular weight is 224 g/mol. The third kappa shape index (κ3) is 2.76. The Balaban J connectivity index is 2.22. The minimum atomic E-state index is 0.300. The highest BCUT2D eigenvalue weighted by Crippen LogP contribution is 2.16. The summed E-state index contributed by atoms with van der Waals surface area (Å²) in [5, 5.41) is 4.52. The molecule has 2 rings (SSSR count). The average Bonchev–Trinajstić information content (AvgIpc) is 2.38. The van der Waals surface area contributed by atoms with E-state index in [1.165, 1.54) is 0 Å². The summed E-state index contributed by atoms with van der Waals surface area (Å²) in [6.45, 7) is 2.12. The van der Waals surface area contributed by atoms with Gasteiger partial charge >= 0.3 is 0 Å². The van der Waals surface area contributed by atoms with E-state index in [2.05, 4.69) is 35.3 Å². The monoisotopic (exact) mass is 224 g/mol. The molecule has 1 aromatic carbocycles. The highest BCUT2D eigenvalue weighted by Gasteiger charge is 2.05. The van der Waals surface area contributed by atoms with Crippen LogP contribution in [0.4, 0.5) is 5.82 Å². The molecule has 0 aliphatic heterocycles. The number of nitrogens with zero attached hydrogens (tertiary/aromatic N) is 1. The second kappa shape index (κ2) is 5.36. The molecule has 0 spiro atoms. The summed E-state index contributed by atoms with van der Waals surface area (Å²) in [6.07, 6.45) is 7.06. The van der Waals surface area contributed by atoms with Crippen molar-refractivity contribution >= 4 is 16.7 Å². The molecule has 2 nitrogen and oxygen atoms in total. The number of benzene rings is 1. The summed E-state index contributed by atoms with van der Waals surface area (Å²) >= 11 is 0. The predicted molar refractivity (Wildman–Crippen MR) is 72.9 cm³/mol. The molecule has 0 aliphatic carbocycles. The number of nitrogens with one attached hydrogen (secondary N) is 1. The maximum Gasteiger partial charge on any atom is 0.126 e. The summed E-state index contributed by atoms with van der Waals surface area (Å²) in [4.78, 5) is 4.57. The minimum absolute atomic E-state index is 0.300. The zero-order valence-corrected chi connectivity index (χ0v) is 9.98. The van der Waals surface area contributed by atoms with Crippen molar-refractivity contribution in [3.63, 3.8) is 0 Å². The van der Waals surface area contributed by atoms with Crippen molar-refractivity contribution in [2.45, 2.75) is 25.8 Å². The number of rotatable bonds is 4. The van der Waals surface area contributed by atoms with E-state index in [4.69, 9.17) is 6.42 Å². The van der Waals surface area contributed by atoms with Crippen LogP contribution in [-0.4, -0.2) is 11.0 Å². The van der Waals surface area contributed by atoms with Crippen LogP contribution >= 0.6 is 0 Å². The van der Waals surface area contributed by atoms with Crippen LogP contribution in [0.1, 0.15) is 19.8 Å². The molecule has 0 radical (unpaired) electrons. The predicted octanol–water partition coefficient (Wildman–Crippen LogP) is 3.45. The quantitative estimate of drug-likeness (QED) is 0.805. The van der Waals surface area contributed by atoms with E-state index in [1.807, 2.05) is 24.3 Å². The summed E-state index contributed by atoms with van der Waals surface area (Å²) in [5.41, 5.74) is 1.01. The van der Waals surface area contributed by atoms with Crippen molar-refractivity contribution in [2.75, 3.05) is 5.32 Å². The third-order valence-electron chi connectivity index (χ3n) is 2.81. The van der Waals surface area contributed by atoms with Crippen molar-refractivity contribution in [3.05, 3.63) is 36.4 Å². The number of terminal acetylenes is 1. The Hall–Kier alpha value is -2.01. The Kier molecular flexibility index (Phi) is 3.62. The molecule has 2 aromatic rings. The van der Waals surface area contributed by atoms with Crippen LogP contribution in [0.15, 0.2) is 36.4 Å². The zero-order chi connectivity index (χ0) is 12.1. The first-order valence-electron chi connectivity index (χ1n) is 5.89. The molecule has 1 unspecified atom stereocenters. The first-order valence-corrected chi connectivity index (χ1v) is 5.89. The molecule has 0 aliphatic rings. The number of para-hydroxylation sites is 1. The van der Waals surface area contributed by atoms with Gasteiger partial charge < -0.3 is 5.32 Å². The van der Waals surface area contributed by atoms with Gasteiger partial charge in [-0.25, -0.2) is 4.98 Å². The SMILES string of the molecule is C#CCC(CC)Nc1ccc2ccccc2n1. The lowest BCUT2D eigenvalue weighted by atomic mass is 10.1. The lowest BCUT2D eigenvalue weighted by Crippen LogP contribution is -2.18. The number of anilines is 1. The van der Waals surface area contributed by atoms with Gasteiger partial charge in [-0.1, -0.05) is 25.1 Å². The summed E-state index contributed by atoms with van der Waals surface area (Å²) in [5.74, 6) is 3.58. The Morgan fingerprint density at radius 2 is 2.12 bits per heavy atom. The topological polar surface area (TPSA) is 24.9 Å².